The van der Waals surface area contributed by atoms with E-state index >= 15 is 0 Å². The van der Waals surface area contributed by atoms with Crippen molar-refractivity contribution in [1.82, 2.24) is 25.8 Å². The van der Waals surface area contributed by atoms with Crippen molar-refractivity contribution in [3.63, 3.8) is 0 Å². The van der Waals surface area contributed by atoms with Gasteiger partial charge in [-0.2, -0.15) is 0 Å². The third-order valence-electron chi connectivity index (χ3n) is 11.1. The lowest BCUT2D eigenvalue weighted by molar-refractivity contribution is -0.145. The van der Waals surface area contributed by atoms with Gasteiger partial charge in [-0.1, -0.05) is 144 Å². The predicted octanol–water partition coefficient (Wildman–Crippen LogP) is 10.8. The topological polar surface area (TPSA) is 198 Å². The summed E-state index contributed by atoms with van der Waals surface area (Å²) < 4.78 is 33.2. The number of ether oxygens (including phenoxy) is 2. The number of para-hydroxylation sites is 2. The predicted molar refractivity (Wildman–Crippen MR) is 273 cm³/mol. The van der Waals surface area contributed by atoms with E-state index in [0.717, 1.165) is 79.8 Å². The molecule has 3 amide bonds. The van der Waals surface area contributed by atoms with Gasteiger partial charge in [0.1, 0.15) is 30.0 Å². The van der Waals surface area contributed by atoms with Crippen LogP contribution in [-0.4, -0.2) is 89.1 Å². The van der Waals surface area contributed by atoms with E-state index in [2.05, 4.69) is 46.6 Å². The molecule has 0 saturated carbocycles. The van der Waals surface area contributed by atoms with Crippen molar-refractivity contribution in [2.24, 2.45) is 0 Å². The van der Waals surface area contributed by atoms with Crippen LogP contribution < -0.4 is 20.5 Å². The Hall–Kier alpha value is -4.92. The van der Waals surface area contributed by atoms with E-state index in [9.17, 15) is 28.6 Å². The van der Waals surface area contributed by atoms with Crippen LogP contribution in [0, 0.1) is 0 Å². The first-order valence-corrected chi connectivity index (χ1v) is 26.4. The second-order valence-corrected chi connectivity index (χ2v) is 19.6. The van der Waals surface area contributed by atoms with Crippen LogP contribution in [0.15, 0.2) is 85.1 Å². The van der Waals surface area contributed by atoms with Crippen molar-refractivity contribution in [2.45, 2.75) is 149 Å². The molecule has 1 heterocycles. The first kappa shape index (κ1) is 58.4. The lowest BCUT2D eigenvalue weighted by Gasteiger charge is -2.25. The first-order valence-electron chi connectivity index (χ1n) is 24.5. The van der Waals surface area contributed by atoms with E-state index in [-0.39, 0.29) is 49.2 Å². The van der Waals surface area contributed by atoms with Gasteiger partial charge in [-0.25, -0.2) is 9.36 Å². The van der Waals surface area contributed by atoms with Crippen molar-refractivity contribution >= 4 is 54.2 Å². The highest BCUT2D eigenvalue weighted by molar-refractivity contribution is 7.47. The summed E-state index contributed by atoms with van der Waals surface area (Å²) in [5, 5.41) is 9.60. The molecule has 0 bridgehead atoms. The van der Waals surface area contributed by atoms with Crippen molar-refractivity contribution in [3.05, 3.63) is 101 Å². The molecule has 1 unspecified atom stereocenters. The maximum absolute atomic E-state index is 13.9. The number of rotatable bonds is 30. The van der Waals surface area contributed by atoms with Crippen molar-refractivity contribution in [2.75, 3.05) is 32.8 Å². The zero-order chi connectivity index (χ0) is 50.5. The molecular formula is C52H77ClN5O10P. The fraction of sp³-hybridized carbons (Fsp3) is 0.538. The van der Waals surface area contributed by atoms with Crippen LogP contribution in [0.5, 0.6) is 5.75 Å². The number of esters is 1. The lowest BCUT2D eigenvalue weighted by Crippen LogP contribution is -2.55. The number of fused-ring (bicyclic) bond motifs is 1. The van der Waals surface area contributed by atoms with Crippen LogP contribution in [-0.2, 0) is 46.0 Å². The minimum Gasteiger partial charge on any atom is -0.461 e. The Kier molecular flexibility index (Phi) is 27.1. The van der Waals surface area contributed by atoms with E-state index in [1.807, 2.05) is 60.8 Å². The summed E-state index contributed by atoms with van der Waals surface area (Å²) in [6, 6.07) is 21.2. The lowest BCUT2D eigenvalue weighted by atomic mass is 10.0. The van der Waals surface area contributed by atoms with Gasteiger partial charge in [-0.3, -0.25) is 23.8 Å². The summed E-state index contributed by atoms with van der Waals surface area (Å²) >= 11 is 5.99. The number of amides is 3. The molecular weight excluding hydrogens is 921 g/mol. The Balaban J connectivity index is 0.00000167. The van der Waals surface area contributed by atoms with E-state index < -0.39 is 43.5 Å². The number of hydrogen-bond acceptors (Lipinski definition) is 10. The number of hydrogen-bond donors (Lipinski definition) is 5. The Morgan fingerprint density at radius 3 is 1.97 bits per heavy atom. The second-order valence-electron chi connectivity index (χ2n) is 17.8. The number of unbranched alkanes of at least 4 members (excludes halogenated alkanes) is 9. The fourth-order valence-electron chi connectivity index (χ4n) is 7.29. The number of aromatic amines is 1. The van der Waals surface area contributed by atoms with Crippen LogP contribution in [0.4, 0.5) is 4.79 Å². The zero-order valence-corrected chi connectivity index (χ0v) is 43.2. The summed E-state index contributed by atoms with van der Waals surface area (Å²) in [4.78, 5) is 68.7. The normalized spacial score (nSPS) is 13.1. The van der Waals surface area contributed by atoms with Gasteiger partial charge in [0.2, 0.25) is 11.8 Å². The number of nitrogens with zero attached hydrogens (tertiary/aromatic N) is 1. The van der Waals surface area contributed by atoms with Gasteiger partial charge in [0.25, 0.3) is 0 Å². The zero-order valence-electron chi connectivity index (χ0n) is 41.6. The average molecular weight is 999 g/mol. The van der Waals surface area contributed by atoms with E-state index in [1.165, 1.54) is 25.7 Å². The average Bonchev–Trinajstić information content (AvgIpc) is 3.73. The molecule has 17 heteroatoms. The number of carbonyl (C=O) groups is 4. The SMILES string of the molecule is CC(C)(C)OC(=O)N[C@H](CCC(=O)OCc1ccccc1)C(=O)N[C@H](Cc1c[nH]c2ccccc12)C(=O)NCCCCCCCCCCCCOP(=O)(O)Oc1ccccc1Cl.CCN(CC)CC. The molecule has 382 valence electrons. The van der Waals surface area contributed by atoms with Gasteiger partial charge in [-0.05, 0) is 89.0 Å². The number of benzene rings is 3. The highest BCUT2D eigenvalue weighted by Crippen LogP contribution is 2.45. The Labute approximate surface area is 414 Å². The fourth-order valence-corrected chi connectivity index (χ4v) is 8.34. The molecule has 0 aliphatic rings. The largest absolute Gasteiger partial charge is 0.527 e. The molecule has 0 spiro atoms. The highest BCUT2D eigenvalue weighted by Gasteiger charge is 2.30. The molecule has 3 aromatic carbocycles. The second kappa shape index (κ2) is 32.1. The maximum atomic E-state index is 13.9. The molecule has 0 radical (unpaired) electrons. The van der Waals surface area contributed by atoms with Crippen molar-refractivity contribution in [3.8, 4) is 5.75 Å². The molecule has 69 heavy (non-hydrogen) atoms. The number of carbonyl (C=O) groups excluding carboxylic acids is 4. The molecule has 4 aromatic rings. The number of H-pyrrole nitrogens is 1. The van der Waals surface area contributed by atoms with Gasteiger partial charge in [0.15, 0.2) is 0 Å². The first-order chi connectivity index (χ1) is 33.0. The van der Waals surface area contributed by atoms with Crippen LogP contribution in [0.25, 0.3) is 10.9 Å². The summed E-state index contributed by atoms with van der Waals surface area (Å²) in [6.07, 6.45) is 10.5. The van der Waals surface area contributed by atoms with Gasteiger partial charge >= 0.3 is 19.9 Å². The molecule has 15 nitrogen and oxygen atoms in total. The number of phosphoric acid groups is 1. The third-order valence-corrected chi connectivity index (χ3v) is 12.4. The minimum absolute atomic E-state index is 0.0741. The Morgan fingerprint density at radius 1 is 0.754 bits per heavy atom. The van der Waals surface area contributed by atoms with Gasteiger partial charge in [0.05, 0.1) is 11.6 Å². The van der Waals surface area contributed by atoms with Gasteiger partial charge in [-0.15, -0.1) is 0 Å². The standard InChI is InChI=1S/C46H62ClN4O10P.C6H15N/c1-46(2,3)60-45(55)51-39(27-28-42(52)58-33-34-21-13-12-14-22-34)44(54)50-40(31-35-32-49-38-25-17-15-23-36(35)38)43(53)48-29-19-10-8-6-4-5-7-9-11-20-30-59-62(56,57)61-41-26-18-16-24-37(41)47;1-4-7(5-2)6-3/h12-18,21-26,32,39-40,49H,4-11,19-20,27-31,33H2,1-3H3,(H,48,53)(H,50,54)(H,51,55)(H,56,57);4-6H2,1-3H3/t39-,40-;/m1./s1. The summed E-state index contributed by atoms with van der Waals surface area (Å²) in [5.41, 5.74) is 1.72. The minimum atomic E-state index is -4.24. The number of phosphoric ester groups is 1. The van der Waals surface area contributed by atoms with Crippen LogP contribution in [0.2, 0.25) is 5.02 Å². The third kappa shape index (κ3) is 24.5. The summed E-state index contributed by atoms with van der Waals surface area (Å²) in [6.45, 7) is 15.9. The molecule has 0 aliphatic carbocycles. The van der Waals surface area contributed by atoms with E-state index in [0.29, 0.717) is 13.0 Å². The van der Waals surface area contributed by atoms with Crippen LogP contribution >= 0.6 is 19.4 Å². The molecule has 4 rings (SSSR count). The molecule has 1 aromatic heterocycles. The van der Waals surface area contributed by atoms with E-state index in [1.54, 1.807) is 39.0 Å². The molecule has 0 saturated heterocycles. The number of aromatic nitrogens is 1. The van der Waals surface area contributed by atoms with Crippen molar-refractivity contribution in [1.29, 1.82) is 0 Å². The summed E-state index contributed by atoms with van der Waals surface area (Å²) in [5.74, 6) is -1.42. The molecule has 5 N–H and O–H groups in total. The number of halogens is 1. The van der Waals surface area contributed by atoms with Gasteiger partial charge in [0, 0.05) is 36.5 Å². The van der Waals surface area contributed by atoms with E-state index in [4.69, 9.17) is 30.1 Å². The van der Waals surface area contributed by atoms with Gasteiger partial charge < -0.3 is 39.8 Å². The maximum Gasteiger partial charge on any atom is 0.527 e. The molecule has 0 fully saturated rings. The Bertz CT molecular complexity index is 2160. The number of nitrogens with one attached hydrogen (secondary N) is 4. The monoisotopic (exact) mass is 998 g/mol. The quantitative estimate of drug-likeness (QED) is 0.0189. The van der Waals surface area contributed by atoms with Crippen LogP contribution in [0.1, 0.15) is 130 Å². The summed E-state index contributed by atoms with van der Waals surface area (Å²) in [7, 11) is -4.24. The van der Waals surface area contributed by atoms with Crippen LogP contribution in [0.3, 0.4) is 0 Å². The Morgan fingerprint density at radius 2 is 1.35 bits per heavy atom. The number of alkyl carbamates (subject to hydrolysis) is 1. The molecule has 3 atom stereocenters. The van der Waals surface area contributed by atoms with Crippen molar-refractivity contribution < 1.29 is 47.2 Å². The smallest absolute Gasteiger partial charge is 0.461 e. The molecule has 0 aliphatic heterocycles. The highest BCUT2D eigenvalue weighted by atomic mass is 35.5.